The zero-order chi connectivity index (χ0) is 41.2. The molecule has 4 fully saturated rings. The number of imide groups is 1. The summed E-state index contributed by atoms with van der Waals surface area (Å²) in [6.45, 7) is 10.8. The van der Waals surface area contributed by atoms with E-state index in [2.05, 4.69) is 34.3 Å². The molecule has 11 nitrogen and oxygen atoms in total. The van der Waals surface area contributed by atoms with E-state index in [1.54, 1.807) is 19.9 Å². The normalized spacial score (nSPS) is 26.0. The van der Waals surface area contributed by atoms with Gasteiger partial charge < -0.3 is 15.1 Å². The first-order valence-electron chi connectivity index (χ1n) is 20.0. The van der Waals surface area contributed by atoms with Crippen molar-refractivity contribution in [3.05, 3.63) is 59.2 Å². The number of hydrogen-bond acceptors (Lipinski definition) is 8. The van der Waals surface area contributed by atoms with E-state index in [0.717, 1.165) is 82.3 Å². The van der Waals surface area contributed by atoms with Gasteiger partial charge in [-0.3, -0.25) is 34.3 Å². The minimum Gasteiger partial charge on any atom is -0.331 e. The first-order chi connectivity index (χ1) is 27.0. The van der Waals surface area contributed by atoms with E-state index < -0.39 is 28.8 Å². The Bertz CT molecular complexity index is 1910. The Kier molecular flexibility index (Phi) is 12.8. The molecule has 1 unspecified atom stereocenters. The third-order valence-electron chi connectivity index (χ3n) is 12.2. The largest absolute Gasteiger partial charge is 0.417 e. The van der Waals surface area contributed by atoms with Crippen LogP contribution in [0, 0.1) is 17.2 Å². The standard InChI is InChI=1S/C42H52F3N7O4S/c1-26-23-49(24-27(2)50(26)25-37(54)47-31-10-7-9-29(20-31)34-17-18-36(53)48-38(34)55)19-6-5-8-28-11-14-32(15-12-28)52-40(57)51(39(56)41(52,3)4)33-16-13-30(22-46)35(21-33)42(43,44)45/h7,9-10,13,16,20-21,26-28,32,34H,5-6,8,11-12,14-15,17-19,23-25H2,1-4H3,(H,47,54)(H,48,53,55)/t26-,27+,28-,32-,34?. The van der Waals surface area contributed by atoms with Crippen LogP contribution in [0.1, 0.15) is 108 Å². The van der Waals surface area contributed by atoms with E-state index >= 15 is 0 Å². The van der Waals surface area contributed by atoms with Crippen molar-refractivity contribution in [3.8, 4) is 6.07 Å². The average molecular weight is 808 g/mol. The topological polar surface area (TPSA) is 129 Å². The predicted octanol–water partition coefficient (Wildman–Crippen LogP) is 6.57. The van der Waals surface area contributed by atoms with Crippen molar-refractivity contribution in [1.29, 1.82) is 5.26 Å². The number of piperazine rings is 1. The lowest BCUT2D eigenvalue weighted by atomic mass is 9.81. The molecule has 3 aliphatic heterocycles. The van der Waals surface area contributed by atoms with Gasteiger partial charge in [0.1, 0.15) is 5.54 Å². The number of halogens is 3. The molecule has 0 spiro atoms. The molecule has 306 valence electrons. The molecule has 15 heteroatoms. The Labute approximate surface area is 337 Å². The van der Waals surface area contributed by atoms with E-state index in [0.29, 0.717) is 24.4 Å². The molecule has 2 aromatic rings. The minimum absolute atomic E-state index is 0.00233. The highest BCUT2D eigenvalue weighted by molar-refractivity contribution is 7.80. The van der Waals surface area contributed by atoms with Gasteiger partial charge in [-0.1, -0.05) is 25.0 Å². The number of benzene rings is 2. The van der Waals surface area contributed by atoms with E-state index in [9.17, 15) is 37.6 Å². The maximum absolute atomic E-state index is 13.7. The fraction of sp³-hybridized carbons (Fsp3) is 0.571. The van der Waals surface area contributed by atoms with Gasteiger partial charge in [0.15, 0.2) is 5.11 Å². The van der Waals surface area contributed by atoms with Crippen LogP contribution in [0.2, 0.25) is 0 Å². The molecule has 1 saturated carbocycles. The number of rotatable bonds is 11. The smallest absolute Gasteiger partial charge is 0.331 e. The zero-order valence-electron chi connectivity index (χ0n) is 33.0. The second-order valence-corrected chi connectivity index (χ2v) is 17.0. The molecule has 2 N–H and O–H groups in total. The molecule has 4 amide bonds. The molecule has 4 aliphatic rings. The molecule has 1 aliphatic carbocycles. The summed E-state index contributed by atoms with van der Waals surface area (Å²) in [5, 5.41) is 14.8. The number of thiocarbonyl (C=S) groups is 1. The highest BCUT2D eigenvalue weighted by atomic mass is 32.1. The van der Waals surface area contributed by atoms with Crippen LogP contribution in [0.15, 0.2) is 42.5 Å². The number of piperidine rings is 1. The number of nitriles is 1. The highest BCUT2D eigenvalue weighted by Crippen LogP contribution is 2.41. The zero-order valence-corrected chi connectivity index (χ0v) is 33.8. The molecular formula is C42H52F3N7O4S. The number of anilines is 2. The van der Waals surface area contributed by atoms with Crippen molar-refractivity contribution in [1.82, 2.24) is 20.0 Å². The van der Waals surface area contributed by atoms with Gasteiger partial charge in [-0.25, -0.2) is 0 Å². The van der Waals surface area contributed by atoms with Crippen LogP contribution in [0.5, 0.6) is 0 Å². The van der Waals surface area contributed by atoms with Crippen LogP contribution in [-0.4, -0.2) is 93.3 Å². The number of carbonyl (C=O) groups is 4. The quantitative estimate of drug-likeness (QED) is 0.147. The number of unbranched alkanes of at least 4 members (excludes halogenated alkanes) is 1. The second-order valence-electron chi connectivity index (χ2n) is 16.7. The maximum atomic E-state index is 13.7. The van der Waals surface area contributed by atoms with Crippen LogP contribution in [0.3, 0.4) is 0 Å². The summed E-state index contributed by atoms with van der Waals surface area (Å²) in [5.74, 6) is -0.913. The summed E-state index contributed by atoms with van der Waals surface area (Å²) < 4.78 is 41.2. The van der Waals surface area contributed by atoms with Crippen LogP contribution in [-0.2, 0) is 25.4 Å². The van der Waals surface area contributed by atoms with Gasteiger partial charge in [-0.15, -0.1) is 0 Å². The van der Waals surface area contributed by atoms with Gasteiger partial charge in [0.2, 0.25) is 17.7 Å². The molecule has 57 heavy (non-hydrogen) atoms. The summed E-state index contributed by atoms with van der Waals surface area (Å²) in [7, 11) is 0. The van der Waals surface area contributed by atoms with Gasteiger partial charge in [-0.05, 0) is 127 Å². The Morgan fingerprint density at radius 2 is 1.70 bits per heavy atom. The van der Waals surface area contributed by atoms with Gasteiger partial charge >= 0.3 is 6.18 Å². The second kappa shape index (κ2) is 17.2. The summed E-state index contributed by atoms with van der Waals surface area (Å²) in [5.41, 5.74) is -1.19. The number of carbonyl (C=O) groups excluding carboxylic acids is 4. The summed E-state index contributed by atoms with van der Waals surface area (Å²) in [4.78, 5) is 58.5. The van der Waals surface area contributed by atoms with Crippen molar-refractivity contribution < 1.29 is 32.3 Å². The van der Waals surface area contributed by atoms with E-state index in [4.69, 9.17) is 12.2 Å². The number of nitrogens with zero attached hydrogens (tertiary/aromatic N) is 5. The third kappa shape index (κ3) is 9.34. The van der Waals surface area contributed by atoms with Crippen LogP contribution in [0.4, 0.5) is 24.5 Å². The number of amides is 4. The minimum atomic E-state index is -4.75. The van der Waals surface area contributed by atoms with Crippen molar-refractivity contribution in [3.63, 3.8) is 0 Å². The van der Waals surface area contributed by atoms with Crippen LogP contribution >= 0.6 is 12.2 Å². The fourth-order valence-electron chi connectivity index (χ4n) is 9.29. The van der Waals surface area contributed by atoms with Gasteiger partial charge in [0.25, 0.3) is 5.91 Å². The molecule has 3 atom stereocenters. The van der Waals surface area contributed by atoms with E-state index in [1.165, 1.54) is 11.0 Å². The SMILES string of the molecule is C[C@@H]1CN(CCCC[C@H]2CC[C@H](N3C(=S)N(c4ccc(C#N)c(C(F)(F)F)c4)C(=O)C3(C)C)CC2)C[C@H](C)N1CC(=O)Nc1cccc(C2CCC(=O)NC2=O)c1. The molecule has 0 radical (unpaired) electrons. The molecule has 3 saturated heterocycles. The summed E-state index contributed by atoms with van der Waals surface area (Å²) in [6.07, 6.45) is 2.92. The predicted molar refractivity (Wildman–Crippen MR) is 214 cm³/mol. The fourth-order valence-corrected chi connectivity index (χ4v) is 9.85. The van der Waals surface area contributed by atoms with Crippen LogP contribution < -0.4 is 15.5 Å². The first kappa shape index (κ1) is 42.2. The van der Waals surface area contributed by atoms with Crippen molar-refractivity contribution in [2.45, 2.75) is 121 Å². The van der Waals surface area contributed by atoms with Gasteiger partial charge in [0.05, 0.1) is 35.3 Å². The van der Waals surface area contributed by atoms with E-state index in [-0.39, 0.29) is 59.1 Å². The number of alkyl halides is 3. The molecular weight excluding hydrogens is 756 g/mol. The lowest BCUT2D eigenvalue weighted by Gasteiger charge is -2.44. The molecule has 6 rings (SSSR count). The summed E-state index contributed by atoms with van der Waals surface area (Å²) in [6, 6.07) is 12.5. The number of hydrogen-bond donors (Lipinski definition) is 2. The van der Waals surface area contributed by atoms with Gasteiger partial charge in [-0.2, -0.15) is 18.4 Å². The Balaban J connectivity index is 0.929. The number of nitrogens with one attached hydrogen (secondary N) is 2. The van der Waals surface area contributed by atoms with Crippen LogP contribution in [0.25, 0.3) is 0 Å². The van der Waals surface area contributed by atoms with Crippen molar-refractivity contribution in [2.75, 3.05) is 36.4 Å². The Morgan fingerprint density at radius 1 is 1.00 bits per heavy atom. The average Bonchev–Trinajstić information content (AvgIpc) is 3.33. The van der Waals surface area contributed by atoms with Gasteiger partial charge in [0, 0.05) is 43.3 Å². The molecule has 3 heterocycles. The highest BCUT2D eigenvalue weighted by Gasteiger charge is 2.52. The Hall–Kier alpha value is -4.39. The lowest BCUT2D eigenvalue weighted by Crippen LogP contribution is -2.58. The molecule has 2 aromatic carbocycles. The summed E-state index contributed by atoms with van der Waals surface area (Å²) >= 11 is 5.77. The first-order valence-corrected chi connectivity index (χ1v) is 20.4. The van der Waals surface area contributed by atoms with E-state index in [1.807, 2.05) is 29.2 Å². The maximum Gasteiger partial charge on any atom is 0.417 e. The van der Waals surface area contributed by atoms with Crippen molar-refractivity contribution in [2.24, 2.45) is 5.92 Å². The molecule has 0 aromatic heterocycles. The van der Waals surface area contributed by atoms with Crippen molar-refractivity contribution >= 4 is 52.3 Å². The third-order valence-corrected chi connectivity index (χ3v) is 12.6. The monoisotopic (exact) mass is 807 g/mol. The Morgan fingerprint density at radius 3 is 2.35 bits per heavy atom. The lowest BCUT2D eigenvalue weighted by molar-refractivity contribution is -0.138. The molecule has 0 bridgehead atoms.